The van der Waals surface area contributed by atoms with Gasteiger partial charge in [-0.15, -0.1) is 0 Å². The van der Waals surface area contributed by atoms with Gasteiger partial charge >= 0.3 is 5.97 Å². The molecule has 1 aromatic carbocycles. The smallest absolute Gasteiger partial charge is 0.328 e. The van der Waals surface area contributed by atoms with Crippen LogP contribution in [0.15, 0.2) is 66.8 Å². The van der Waals surface area contributed by atoms with Gasteiger partial charge in [0.2, 0.25) is 35.4 Å². The van der Waals surface area contributed by atoms with Crippen LogP contribution in [0.5, 0.6) is 0 Å². The summed E-state index contributed by atoms with van der Waals surface area (Å²) in [6.45, 7) is 6.67. The van der Waals surface area contributed by atoms with Crippen molar-refractivity contribution in [2.45, 2.75) is 89.6 Å². The highest BCUT2D eigenvalue weighted by atomic mass is 16.5. The van der Waals surface area contributed by atoms with Crippen molar-refractivity contribution < 1.29 is 38.3 Å². The molecule has 0 saturated carbocycles. The summed E-state index contributed by atoms with van der Waals surface area (Å²) in [5.41, 5.74) is 0.747. The molecule has 3 heterocycles. The number of benzene rings is 1. The highest BCUT2D eigenvalue weighted by Gasteiger charge is 2.44. The van der Waals surface area contributed by atoms with Crippen LogP contribution in [0, 0.1) is 5.92 Å². The van der Waals surface area contributed by atoms with Gasteiger partial charge in [-0.1, -0.05) is 67.6 Å². The number of carbonyl (C=O) groups excluding carboxylic acids is 7. The van der Waals surface area contributed by atoms with Gasteiger partial charge in [-0.25, -0.2) is 4.79 Å². The summed E-state index contributed by atoms with van der Waals surface area (Å²) in [6.07, 6.45) is 11.0. The van der Waals surface area contributed by atoms with E-state index >= 15 is 0 Å². The molecule has 0 aromatic heterocycles. The van der Waals surface area contributed by atoms with E-state index in [2.05, 4.69) is 16.0 Å². The number of ether oxygens (including phenoxy) is 1. The molecule has 52 heavy (non-hydrogen) atoms. The molecule has 3 aliphatic heterocycles. The van der Waals surface area contributed by atoms with Crippen molar-refractivity contribution in [2.24, 2.45) is 5.92 Å². The molecule has 0 bridgehead atoms. The fraction of sp³-hybridized carbons (Fsp3) is 0.500. The summed E-state index contributed by atoms with van der Waals surface area (Å²) < 4.78 is 5.68. The van der Waals surface area contributed by atoms with Crippen LogP contribution in [0.1, 0.15) is 52.5 Å². The highest BCUT2D eigenvalue weighted by molar-refractivity contribution is 5.98. The molecule has 14 heteroatoms. The minimum Gasteiger partial charge on any atom is -0.461 e. The van der Waals surface area contributed by atoms with E-state index in [0.717, 1.165) is 5.56 Å². The van der Waals surface area contributed by atoms with Gasteiger partial charge in [0.15, 0.2) is 0 Å². The maximum absolute atomic E-state index is 14.3. The Kier molecular flexibility index (Phi) is 13.9. The third-order valence-electron chi connectivity index (χ3n) is 9.62. The van der Waals surface area contributed by atoms with E-state index in [-0.39, 0.29) is 25.4 Å². The second-order valence-electron chi connectivity index (χ2n) is 13.6. The first kappa shape index (κ1) is 39.5. The zero-order valence-electron chi connectivity index (χ0n) is 30.4. The first-order valence-electron chi connectivity index (χ1n) is 17.8. The lowest BCUT2D eigenvalue weighted by Gasteiger charge is -2.34. The number of carbonyl (C=O) groups is 7. The van der Waals surface area contributed by atoms with E-state index in [0.29, 0.717) is 19.3 Å². The average Bonchev–Trinajstić information content (AvgIpc) is 3.78. The standard InChI is InChI=1S/C38H50N6O8/c1-6-7-8-9-13-18-32(45)40-28(21-27-15-11-10-12-16-27)34(47)41-29-23-52-38(51)31-20-24(2)22-44(31)35(48)25(3)39-33(46)26(4)42(5)37(50)30-17-14-19-43(30)36(29)49/h6-13,15-16,18,24-26,28-31H,14,17,19-23H2,1-5H3,(H,39,46)(H,40,45)(H,41,47)/b7-6+,9-8+,18-13+/t24-,25+,26+,28?,29?,30+,31+/m1/s1. The fourth-order valence-electron chi connectivity index (χ4n) is 6.62. The molecular formula is C38H50N6O8. The molecule has 14 nitrogen and oxygen atoms in total. The molecule has 3 saturated heterocycles. The number of fused-ring (bicyclic) bond motifs is 2. The van der Waals surface area contributed by atoms with Crippen molar-refractivity contribution in [3.8, 4) is 0 Å². The van der Waals surface area contributed by atoms with Gasteiger partial charge in [0.05, 0.1) is 0 Å². The lowest BCUT2D eigenvalue weighted by Crippen LogP contribution is -2.60. The molecule has 6 amide bonds. The molecule has 1 aromatic rings. The van der Waals surface area contributed by atoms with E-state index in [1.807, 2.05) is 26.0 Å². The van der Waals surface area contributed by atoms with Gasteiger partial charge < -0.3 is 35.4 Å². The van der Waals surface area contributed by atoms with Crippen LogP contribution in [0.25, 0.3) is 0 Å². The summed E-state index contributed by atoms with van der Waals surface area (Å²) in [5, 5.41) is 8.08. The number of rotatable bonds is 8. The zero-order valence-corrected chi connectivity index (χ0v) is 30.4. The summed E-state index contributed by atoms with van der Waals surface area (Å²) in [7, 11) is 1.46. The minimum absolute atomic E-state index is 0.0494. The number of hydrogen-bond donors (Lipinski definition) is 3. The number of amides is 6. The van der Waals surface area contributed by atoms with E-state index in [1.165, 1.54) is 47.7 Å². The number of nitrogens with zero attached hydrogens (tertiary/aromatic N) is 3. The van der Waals surface area contributed by atoms with E-state index in [9.17, 15) is 33.6 Å². The van der Waals surface area contributed by atoms with Gasteiger partial charge in [0.25, 0.3) is 0 Å². The van der Waals surface area contributed by atoms with Gasteiger partial charge in [-0.2, -0.15) is 0 Å². The van der Waals surface area contributed by atoms with Crippen LogP contribution in [-0.4, -0.2) is 119 Å². The molecule has 3 aliphatic rings. The predicted molar refractivity (Wildman–Crippen MR) is 192 cm³/mol. The van der Waals surface area contributed by atoms with E-state index in [1.54, 1.807) is 42.5 Å². The molecule has 0 aliphatic carbocycles. The second-order valence-corrected chi connectivity index (χ2v) is 13.6. The summed E-state index contributed by atoms with van der Waals surface area (Å²) in [5.74, 6) is -4.25. The lowest BCUT2D eigenvalue weighted by molar-refractivity contribution is -0.158. The van der Waals surface area contributed by atoms with Crippen molar-refractivity contribution in [2.75, 3.05) is 26.7 Å². The van der Waals surface area contributed by atoms with Crippen molar-refractivity contribution in [3.63, 3.8) is 0 Å². The van der Waals surface area contributed by atoms with Crippen LogP contribution in [-0.2, 0) is 44.7 Å². The highest BCUT2D eigenvalue weighted by Crippen LogP contribution is 2.26. The number of allylic oxidation sites excluding steroid dienone is 5. The molecule has 4 rings (SSSR count). The third kappa shape index (κ3) is 9.95. The Bertz CT molecular complexity index is 1590. The Morgan fingerprint density at radius 3 is 2.37 bits per heavy atom. The van der Waals surface area contributed by atoms with Crippen molar-refractivity contribution in [3.05, 3.63) is 72.4 Å². The Morgan fingerprint density at radius 1 is 0.942 bits per heavy atom. The number of hydrogen-bond acceptors (Lipinski definition) is 8. The fourth-order valence-corrected chi connectivity index (χ4v) is 6.62. The van der Waals surface area contributed by atoms with Gasteiger partial charge in [-0.05, 0) is 51.5 Å². The van der Waals surface area contributed by atoms with Crippen LogP contribution >= 0.6 is 0 Å². The predicted octanol–water partition coefficient (Wildman–Crippen LogP) is 1.02. The van der Waals surface area contributed by atoms with E-state index < -0.39 is 84.3 Å². The van der Waals surface area contributed by atoms with Gasteiger partial charge in [0.1, 0.15) is 42.9 Å². The molecular weight excluding hydrogens is 668 g/mol. The minimum atomic E-state index is -1.43. The maximum atomic E-state index is 14.3. The monoisotopic (exact) mass is 718 g/mol. The molecule has 3 fully saturated rings. The summed E-state index contributed by atoms with van der Waals surface area (Å²) in [6, 6.07) is 2.59. The Balaban J connectivity index is 1.66. The normalized spacial score (nSPS) is 27.2. The van der Waals surface area contributed by atoms with Crippen molar-refractivity contribution in [1.29, 1.82) is 0 Å². The van der Waals surface area contributed by atoms with Gasteiger partial charge in [0, 0.05) is 32.6 Å². The Morgan fingerprint density at radius 2 is 1.65 bits per heavy atom. The van der Waals surface area contributed by atoms with E-state index in [4.69, 9.17) is 4.74 Å². The van der Waals surface area contributed by atoms with Crippen LogP contribution in [0.3, 0.4) is 0 Å². The molecule has 0 radical (unpaired) electrons. The number of likely N-dealkylation sites (N-methyl/N-ethyl adjacent to an activating group) is 1. The molecule has 2 unspecified atom stereocenters. The number of nitrogens with one attached hydrogen (secondary N) is 3. The average molecular weight is 719 g/mol. The zero-order chi connectivity index (χ0) is 37.9. The van der Waals surface area contributed by atoms with Crippen LogP contribution in [0.2, 0.25) is 0 Å². The molecule has 3 N–H and O–H groups in total. The second kappa shape index (κ2) is 18.3. The molecule has 7 atom stereocenters. The topological polar surface area (TPSA) is 175 Å². The third-order valence-corrected chi connectivity index (χ3v) is 9.62. The molecule has 0 spiro atoms. The SMILES string of the molecule is C/C=C/C=C/C=C/C(=O)NC(Cc1ccccc1)C(=O)NC1COC(=O)[C@@H]2C[C@@H](C)CN2C(=O)[C@H](C)NC(=O)[C@H](C)N(C)C(=O)[C@@H]2CCCN2C1=O. The Labute approximate surface area is 304 Å². The molecule has 280 valence electrons. The number of cyclic esters (lactones) is 1. The largest absolute Gasteiger partial charge is 0.461 e. The van der Waals surface area contributed by atoms with Crippen LogP contribution < -0.4 is 16.0 Å². The van der Waals surface area contributed by atoms with Crippen molar-refractivity contribution in [1.82, 2.24) is 30.7 Å². The van der Waals surface area contributed by atoms with Crippen molar-refractivity contribution >= 4 is 41.4 Å². The van der Waals surface area contributed by atoms with Crippen LogP contribution in [0.4, 0.5) is 0 Å². The first-order chi connectivity index (χ1) is 24.8. The number of esters is 1. The Hall–Kier alpha value is -5.27. The first-order valence-corrected chi connectivity index (χ1v) is 17.8. The summed E-state index contributed by atoms with van der Waals surface area (Å²) >= 11 is 0. The van der Waals surface area contributed by atoms with Gasteiger partial charge in [-0.3, -0.25) is 28.8 Å². The quantitative estimate of drug-likeness (QED) is 0.203. The lowest BCUT2D eigenvalue weighted by atomic mass is 10.0. The summed E-state index contributed by atoms with van der Waals surface area (Å²) in [4.78, 5) is 99.2. The maximum Gasteiger partial charge on any atom is 0.328 e.